The van der Waals surface area contributed by atoms with E-state index in [1.54, 1.807) is 19.3 Å². The van der Waals surface area contributed by atoms with Gasteiger partial charge in [0.25, 0.3) is 0 Å². The highest BCUT2D eigenvalue weighted by molar-refractivity contribution is 6.31. The van der Waals surface area contributed by atoms with Gasteiger partial charge in [0.15, 0.2) is 0 Å². The van der Waals surface area contributed by atoms with Crippen LogP contribution in [0.1, 0.15) is 29.7 Å². The summed E-state index contributed by atoms with van der Waals surface area (Å²) in [6.07, 6.45) is 3.51. The van der Waals surface area contributed by atoms with Crippen LogP contribution in [0, 0.1) is 18.8 Å². The molecule has 3 atom stereocenters. The van der Waals surface area contributed by atoms with Crippen LogP contribution in [0.2, 0.25) is 5.02 Å². The monoisotopic (exact) mass is 369 g/mol. The van der Waals surface area contributed by atoms with Crippen LogP contribution in [0.15, 0.2) is 42.7 Å². The molecule has 2 aliphatic heterocycles. The average Bonchev–Trinajstić information content (AvgIpc) is 3.15. The summed E-state index contributed by atoms with van der Waals surface area (Å²) in [6, 6.07) is 10.6. The lowest BCUT2D eigenvalue weighted by Crippen LogP contribution is -2.34. The fraction of sp³-hybridized carbons (Fsp3) is 0.429. The van der Waals surface area contributed by atoms with Gasteiger partial charge < -0.3 is 4.90 Å². The number of hydrogen-bond donors (Lipinski definition) is 0. The van der Waals surface area contributed by atoms with Gasteiger partial charge in [-0.1, -0.05) is 35.9 Å². The average molecular weight is 370 g/mol. The number of likely N-dealkylation sites (tertiary alicyclic amines) is 2. The van der Waals surface area contributed by atoms with Gasteiger partial charge in [0.05, 0.1) is 11.1 Å². The number of carbonyl (C=O) groups excluding carboxylic acids is 1. The van der Waals surface area contributed by atoms with E-state index in [2.05, 4.69) is 46.0 Å². The van der Waals surface area contributed by atoms with E-state index in [1.165, 1.54) is 11.1 Å². The number of pyridine rings is 1. The quantitative estimate of drug-likeness (QED) is 0.827. The second-order valence-corrected chi connectivity index (χ2v) is 7.97. The topological polar surface area (TPSA) is 36.4 Å². The Kier molecular flexibility index (Phi) is 4.72. The zero-order valence-electron chi connectivity index (χ0n) is 15.2. The SMILES string of the molecule is CC(=O)N1C[C@H]2CN(Cc3ccncc3Cl)C[C@H]2[C@@H]1c1ccccc1C. The van der Waals surface area contributed by atoms with Gasteiger partial charge in [0.2, 0.25) is 5.91 Å². The number of aryl methyl sites for hydroxylation is 1. The van der Waals surface area contributed by atoms with Gasteiger partial charge >= 0.3 is 0 Å². The maximum Gasteiger partial charge on any atom is 0.219 e. The summed E-state index contributed by atoms with van der Waals surface area (Å²) in [7, 11) is 0. The summed E-state index contributed by atoms with van der Waals surface area (Å²) in [5.41, 5.74) is 3.68. The molecule has 2 aliphatic rings. The lowest BCUT2D eigenvalue weighted by atomic mass is 9.87. The molecule has 5 heteroatoms. The summed E-state index contributed by atoms with van der Waals surface area (Å²) in [4.78, 5) is 20.9. The molecular formula is C21H24ClN3O. The minimum absolute atomic E-state index is 0.177. The fourth-order valence-corrected chi connectivity index (χ4v) is 4.86. The maximum absolute atomic E-state index is 12.3. The first-order valence-corrected chi connectivity index (χ1v) is 9.56. The standard InChI is InChI=1S/C21H24ClN3O/c1-14-5-3-4-6-18(14)21-19-13-24(10-16-7-8-23-9-20(16)22)11-17(19)12-25(21)15(2)26/h3-9,17,19,21H,10-13H2,1-2H3/t17-,19-,21+/m1/s1. The number of fused-ring (bicyclic) bond motifs is 1. The largest absolute Gasteiger partial charge is 0.335 e. The van der Waals surface area contributed by atoms with Crippen molar-refractivity contribution in [2.24, 2.45) is 11.8 Å². The van der Waals surface area contributed by atoms with Crippen molar-refractivity contribution in [3.63, 3.8) is 0 Å². The van der Waals surface area contributed by atoms with Crippen molar-refractivity contribution in [1.29, 1.82) is 0 Å². The molecule has 0 spiro atoms. The predicted octanol–water partition coefficient (Wildman–Crippen LogP) is 3.69. The molecule has 2 saturated heterocycles. The number of nitrogens with zero attached hydrogens (tertiary/aromatic N) is 3. The number of benzene rings is 1. The molecule has 4 rings (SSSR count). The van der Waals surface area contributed by atoms with E-state index in [0.717, 1.165) is 36.8 Å². The number of amides is 1. The Morgan fingerprint density at radius 3 is 2.77 bits per heavy atom. The number of carbonyl (C=O) groups is 1. The molecule has 0 N–H and O–H groups in total. The van der Waals surface area contributed by atoms with Crippen LogP contribution in [-0.2, 0) is 11.3 Å². The van der Waals surface area contributed by atoms with Crippen molar-refractivity contribution >= 4 is 17.5 Å². The van der Waals surface area contributed by atoms with Crippen molar-refractivity contribution in [3.8, 4) is 0 Å². The van der Waals surface area contributed by atoms with Gasteiger partial charge in [0, 0.05) is 51.4 Å². The van der Waals surface area contributed by atoms with Crippen LogP contribution >= 0.6 is 11.6 Å². The molecular weight excluding hydrogens is 346 g/mol. The molecule has 2 fully saturated rings. The first kappa shape index (κ1) is 17.5. The summed E-state index contributed by atoms with van der Waals surface area (Å²) < 4.78 is 0. The minimum atomic E-state index is 0.177. The second kappa shape index (κ2) is 7.01. The van der Waals surface area contributed by atoms with Crippen LogP contribution in [0.5, 0.6) is 0 Å². The zero-order valence-corrected chi connectivity index (χ0v) is 16.0. The Balaban J connectivity index is 1.58. The van der Waals surface area contributed by atoms with Crippen LogP contribution in [0.3, 0.4) is 0 Å². The van der Waals surface area contributed by atoms with Gasteiger partial charge in [0.1, 0.15) is 0 Å². The molecule has 0 aliphatic carbocycles. The summed E-state index contributed by atoms with van der Waals surface area (Å²) >= 11 is 6.29. The fourth-order valence-electron chi connectivity index (χ4n) is 4.68. The number of hydrogen-bond acceptors (Lipinski definition) is 3. The molecule has 0 radical (unpaired) electrons. The minimum Gasteiger partial charge on any atom is -0.335 e. The van der Waals surface area contributed by atoms with Gasteiger partial charge in [-0.15, -0.1) is 0 Å². The lowest BCUT2D eigenvalue weighted by Gasteiger charge is -2.30. The molecule has 0 unspecified atom stereocenters. The van der Waals surface area contributed by atoms with Crippen LogP contribution in [-0.4, -0.2) is 40.3 Å². The highest BCUT2D eigenvalue weighted by Crippen LogP contribution is 2.46. The summed E-state index contributed by atoms with van der Waals surface area (Å²) in [5.74, 6) is 1.17. The van der Waals surface area contributed by atoms with Gasteiger partial charge in [-0.25, -0.2) is 0 Å². The van der Waals surface area contributed by atoms with Crippen molar-refractivity contribution < 1.29 is 4.79 Å². The molecule has 2 aromatic rings. The molecule has 3 heterocycles. The Bertz CT molecular complexity index is 824. The molecule has 26 heavy (non-hydrogen) atoms. The molecule has 0 saturated carbocycles. The predicted molar refractivity (Wildman–Crippen MR) is 103 cm³/mol. The van der Waals surface area contributed by atoms with E-state index in [9.17, 15) is 4.79 Å². The number of halogens is 1. The van der Waals surface area contributed by atoms with E-state index >= 15 is 0 Å². The van der Waals surface area contributed by atoms with E-state index in [4.69, 9.17) is 11.6 Å². The first-order chi connectivity index (χ1) is 12.5. The summed E-state index contributed by atoms with van der Waals surface area (Å²) in [5, 5.41) is 0.727. The number of aromatic nitrogens is 1. The van der Waals surface area contributed by atoms with Crippen LogP contribution < -0.4 is 0 Å². The highest BCUT2D eigenvalue weighted by Gasteiger charge is 2.48. The lowest BCUT2D eigenvalue weighted by molar-refractivity contribution is -0.130. The van der Waals surface area contributed by atoms with Crippen LogP contribution in [0.4, 0.5) is 0 Å². The van der Waals surface area contributed by atoms with E-state index in [0.29, 0.717) is 11.8 Å². The Hall–Kier alpha value is -1.91. The third-order valence-electron chi connectivity index (χ3n) is 5.90. The van der Waals surface area contributed by atoms with Crippen molar-refractivity contribution in [2.45, 2.75) is 26.4 Å². The van der Waals surface area contributed by atoms with E-state index in [-0.39, 0.29) is 11.9 Å². The first-order valence-electron chi connectivity index (χ1n) is 9.18. The highest BCUT2D eigenvalue weighted by atomic mass is 35.5. The van der Waals surface area contributed by atoms with Crippen molar-refractivity contribution in [3.05, 3.63) is 64.4 Å². The maximum atomic E-state index is 12.3. The molecule has 4 nitrogen and oxygen atoms in total. The van der Waals surface area contributed by atoms with Crippen molar-refractivity contribution in [1.82, 2.24) is 14.8 Å². The Morgan fingerprint density at radius 2 is 2.04 bits per heavy atom. The molecule has 1 aromatic heterocycles. The smallest absolute Gasteiger partial charge is 0.219 e. The van der Waals surface area contributed by atoms with Gasteiger partial charge in [-0.3, -0.25) is 14.7 Å². The zero-order chi connectivity index (χ0) is 18.3. The molecule has 1 aromatic carbocycles. The van der Waals surface area contributed by atoms with E-state index < -0.39 is 0 Å². The molecule has 1 amide bonds. The molecule has 136 valence electrons. The third-order valence-corrected chi connectivity index (χ3v) is 6.24. The van der Waals surface area contributed by atoms with Crippen LogP contribution in [0.25, 0.3) is 0 Å². The second-order valence-electron chi connectivity index (χ2n) is 7.56. The molecule has 0 bridgehead atoms. The summed E-state index contributed by atoms with van der Waals surface area (Å²) in [6.45, 7) is 7.53. The Labute approximate surface area is 159 Å². The normalized spacial score (nSPS) is 25.5. The van der Waals surface area contributed by atoms with Gasteiger partial charge in [-0.2, -0.15) is 0 Å². The third kappa shape index (κ3) is 3.12. The van der Waals surface area contributed by atoms with E-state index in [1.807, 2.05) is 6.07 Å². The van der Waals surface area contributed by atoms with Gasteiger partial charge in [-0.05, 0) is 35.6 Å². The number of rotatable bonds is 3. The van der Waals surface area contributed by atoms with Crippen molar-refractivity contribution in [2.75, 3.05) is 19.6 Å². The Morgan fingerprint density at radius 1 is 1.23 bits per heavy atom.